The lowest BCUT2D eigenvalue weighted by Crippen LogP contribution is -2.32. The molecule has 270 valence electrons. The minimum Gasteiger partial charge on any atom is -0.399 e. The molecule has 0 radical (unpaired) electrons. The Hall–Kier alpha value is -6.75. The minimum absolute atomic E-state index is 0.115. The molecule has 3 nitrogen and oxygen atoms in total. The molecule has 8 aromatic rings. The van der Waals surface area contributed by atoms with Gasteiger partial charge in [0.05, 0.1) is 16.8 Å². The first-order valence-corrected chi connectivity index (χ1v) is 20.4. The lowest BCUT2D eigenvalue weighted by molar-refractivity contribution is 0.722. The molecule has 4 heteroatoms. The predicted octanol–water partition coefficient (Wildman–Crippen LogP) is 13.2. The third-order valence-electron chi connectivity index (χ3n) is 11.8. The summed E-state index contributed by atoms with van der Waals surface area (Å²) in [6.45, 7) is 0. The molecule has 2 unspecified atom stereocenters. The fourth-order valence-corrected chi connectivity index (χ4v) is 10.5. The van der Waals surface area contributed by atoms with Crippen LogP contribution in [-0.4, -0.2) is 9.97 Å². The number of hydrogen-bond donors (Lipinski definition) is 1. The number of aromatic nitrogens is 2. The second kappa shape index (κ2) is 13.5. The van der Waals surface area contributed by atoms with E-state index < -0.39 is 5.41 Å². The van der Waals surface area contributed by atoms with Crippen LogP contribution < -0.4 is 5.73 Å². The Kier molecular flexibility index (Phi) is 7.94. The number of benzene rings is 7. The number of nitrogens with zero attached hydrogens (tertiary/aromatic N) is 2. The molecule has 7 aromatic carbocycles. The maximum Gasteiger partial charge on any atom is 0.136 e. The molecule has 0 bridgehead atoms. The topological polar surface area (TPSA) is 51.8 Å². The van der Waals surface area contributed by atoms with E-state index in [9.17, 15) is 0 Å². The first-order chi connectivity index (χ1) is 28.2. The quantitative estimate of drug-likeness (QED) is 0.178. The van der Waals surface area contributed by atoms with Crippen LogP contribution in [0.25, 0.3) is 55.9 Å². The summed E-state index contributed by atoms with van der Waals surface area (Å²) < 4.78 is 0. The Balaban J connectivity index is 1.14. The first kappa shape index (κ1) is 33.6. The smallest absolute Gasteiger partial charge is 0.136 e. The molecule has 1 spiro atoms. The number of allylic oxidation sites excluding steroid dienone is 4. The number of anilines is 1. The van der Waals surface area contributed by atoms with E-state index in [4.69, 9.17) is 15.7 Å². The molecule has 3 aliphatic rings. The van der Waals surface area contributed by atoms with Gasteiger partial charge in [-0.25, -0.2) is 9.97 Å². The van der Waals surface area contributed by atoms with Crippen LogP contribution in [0.1, 0.15) is 40.4 Å². The largest absolute Gasteiger partial charge is 0.399 e. The van der Waals surface area contributed by atoms with E-state index in [1.165, 1.54) is 59.9 Å². The van der Waals surface area contributed by atoms with Crippen LogP contribution >= 0.6 is 11.8 Å². The highest BCUT2D eigenvalue weighted by Crippen LogP contribution is 2.64. The van der Waals surface area contributed by atoms with E-state index in [0.29, 0.717) is 0 Å². The summed E-state index contributed by atoms with van der Waals surface area (Å²) in [6, 6.07) is 61.6. The summed E-state index contributed by atoms with van der Waals surface area (Å²) in [5.41, 5.74) is 22.9. The maximum atomic E-state index is 6.00. The number of rotatable bonds is 5. The van der Waals surface area contributed by atoms with E-state index in [0.717, 1.165) is 46.0 Å². The van der Waals surface area contributed by atoms with Crippen LogP contribution in [0.2, 0.25) is 0 Å². The van der Waals surface area contributed by atoms with Gasteiger partial charge >= 0.3 is 0 Å². The molecule has 2 heterocycles. The fraction of sp³-hybridized carbons (Fsp3) is 0.0566. The molecule has 11 rings (SSSR count). The molecule has 0 amide bonds. The zero-order valence-electron chi connectivity index (χ0n) is 31.1. The van der Waals surface area contributed by atoms with E-state index >= 15 is 0 Å². The van der Waals surface area contributed by atoms with Crippen LogP contribution in [-0.2, 0) is 5.41 Å². The van der Waals surface area contributed by atoms with Crippen LogP contribution in [0.15, 0.2) is 204 Å². The number of nitrogens with two attached hydrogens (primary N) is 1. The summed E-state index contributed by atoms with van der Waals surface area (Å²) in [6.07, 6.45) is 9.54. The second-order valence-corrected chi connectivity index (χ2v) is 16.1. The predicted molar refractivity (Wildman–Crippen MR) is 235 cm³/mol. The average molecular weight is 748 g/mol. The highest BCUT2D eigenvalue weighted by molar-refractivity contribution is 7.99. The Morgan fingerprint density at radius 1 is 0.509 bits per heavy atom. The third-order valence-corrected chi connectivity index (χ3v) is 13.1. The zero-order chi connectivity index (χ0) is 37.9. The summed E-state index contributed by atoms with van der Waals surface area (Å²) in [7, 11) is 0. The molecule has 1 aliphatic heterocycles. The van der Waals surface area contributed by atoms with Crippen molar-refractivity contribution in [3.63, 3.8) is 0 Å². The molecule has 0 saturated heterocycles. The van der Waals surface area contributed by atoms with Gasteiger partial charge in [0, 0.05) is 32.5 Å². The van der Waals surface area contributed by atoms with Crippen LogP contribution in [0.3, 0.4) is 0 Å². The van der Waals surface area contributed by atoms with Gasteiger partial charge in [-0.1, -0.05) is 182 Å². The van der Waals surface area contributed by atoms with Gasteiger partial charge in [-0.3, -0.25) is 0 Å². The summed E-state index contributed by atoms with van der Waals surface area (Å²) in [5, 5.41) is 0. The summed E-state index contributed by atoms with van der Waals surface area (Å²) >= 11 is 1.86. The minimum atomic E-state index is -0.534. The highest BCUT2D eigenvalue weighted by atomic mass is 32.2. The van der Waals surface area contributed by atoms with E-state index in [1.807, 2.05) is 23.9 Å². The third kappa shape index (κ3) is 5.36. The van der Waals surface area contributed by atoms with Crippen LogP contribution in [0.5, 0.6) is 0 Å². The number of fused-ring (bicyclic) bond motifs is 9. The van der Waals surface area contributed by atoms with E-state index in [1.54, 1.807) is 0 Å². The van der Waals surface area contributed by atoms with Crippen molar-refractivity contribution >= 4 is 17.4 Å². The number of nitrogen functional groups attached to an aromatic ring is 1. The molecule has 0 fully saturated rings. The SMILES string of the molecule is Nc1ccc(-c2ccc(-c3cccc4c3-c3ccccc3C43c4ccccc4Sc4c(-c5cc(-c6ccccc6)nc(C6C=CC=CC6)n5)cccc43)cc2)cc1. The summed E-state index contributed by atoms with van der Waals surface area (Å²) in [5.74, 6) is 0.966. The Labute approximate surface area is 337 Å². The number of hydrogen-bond acceptors (Lipinski definition) is 4. The normalized spacial score (nSPS) is 17.2. The van der Waals surface area contributed by atoms with Gasteiger partial charge in [0.1, 0.15) is 5.82 Å². The molecular weight excluding hydrogens is 711 g/mol. The monoisotopic (exact) mass is 747 g/mol. The van der Waals surface area contributed by atoms with Gasteiger partial charge in [0.2, 0.25) is 0 Å². The molecule has 2 N–H and O–H groups in total. The van der Waals surface area contributed by atoms with Gasteiger partial charge in [-0.05, 0) is 86.3 Å². The molecule has 2 atom stereocenters. The zero-order valence-corrected chi connectivity index (χ0v) is 32.0. The van der Waals surface area contributed by atoms with E-state index in [-0.39, 0.29) is 5.92 Å². The second-order valence-electron chi connectivity index (χ2n) is 15.0. The fourth-order valence-electron chi connectivity index (χ4n) is 9.23. The highest BCUT2D eigenvalue weighted by Gasteiger charge is 2.51. The average Bonchev–Trinajstić information content (AvgIpc) is 3.58. The van der Waals surface area contributed by atoms with Crippen molar-refractivity contribution in [3.05, 3.63) is 222 Å². The first-order valence-electron chi connectivity index (χ1n) is 19.6. The van der Waals surface area contributed by atoms with Crippen molar-refractivity contribution in [1.82, 2.24) is 9.97 Å². The molecule has 0 saturated carbocycles. The van der Waals surface area contributed by atoms with Gasteiger partial charge in [0.25, 0.3) is 0 Å². The molecule has 57 heavy (non-hydrogen) atoms. The summed E-state index contributed by atoms with van der Waals surface area (Å²) in [4.78, 5) is 13.1. The Morgan fingerprint density at radius 3 is 1.93 bits per heavy atom. The van der Waals surface area contributed by atoms with E-state index in [2.05, 4.69) is 182 Å². The molecular formula is C53H37N3S. The van der Waals surface area contributed by atoms with Gasteiger partial charge in [-0.2, -0.15) is 0 Å². The van der Waals surface area contributed by atoms with Gasteiger partial charge in [0.15, 0.2) is 0 Å². The van der Waals surface area contributed by atoms with Crippen molar-refractivity contribution in [2.75, 3.05) is 5.73 Å². The van der Waals surface area contributed by atoms with Gasteiger partial charge in [-0.15, -0.1) is 0 Å². The van der Waals surface area contributed by atoms with Crippen molar-refractivity contribution in [2.45, 2.75) is 27.5 Å². The lowest BCUT2D eigenvalue weighted by Gasteiger charge is -2.40. The Bertz CT molecular complexity index is 2910. The van der Waals surface area contributed by atoms with Crippen molar-refractivity contribution in [1.29, 1.82) is 0 Å². The van der Waals surface area contributed by atoms with Crippen molar-refractivity contribution in [3.8, 4) is 55.9 Å². The van der Waals surface area contributed by atoms with Crippen molar-refractivity contribution in [2.24, 2.45) is 0 Å². The maximum absolute atomic E-state index is 6.00. The Morgan fingerprint density at radius 2 is 1.14 bits per heavy atom. The van der Waals surface area contributed by atoms with Crippen molar-refractivity contribution < 1.29 is 0 Å². The molecule has 2 aliphatic carbocycles. The lowest BCUT2D eigenvalue weighted by atomic mass is 9.67. The van der Waals surface area contributed by atoms with Crippen LogP contribution in [0.4, 0.5) is 5.69 Å². The standard InChI is InChI=1S/C53H37N3S/c54-39-31-29-35(30-32-39)34-25-27-36(28-26-34)40-18-11-22-45-50(40)41-17-7-8-20-43(41)53(45)44-21-9-10-24-49(44)57-51-42(19-12-23-46(51)53)48-33-47(37-13-3-1-4-14-37)55-52(56-48)38-15-5-2-6-16-38/h1-15,17-33,38H,16,54H2. The van der Waals surface area contributed by atoms with Crippen LogP contribution in [0, 0.1) is 0 Å². The van der Waals surface area contributed by atoms with Gasteiger partial charge < -0.3 is 5.73 Å². The molecule has 1 aromatic heterocycles.